The summed E-state index contributed by atoms with van der Waals surface area (Å²) in [4.78, 5) is 38.1. The Balaban J connectivity index is 1.25. The van der Waals surface area contributed by atoms with Crippen LogP contribution in [0.2, 0.25) is 0 Å². The molecular weight excluding hydrogens is 525 g/mol. The van der Waals surface area contributed by atoms with E-state index < -0.39 is 5.82 Å². The highest BCUT2D eigenvalue weighted by molar-refractivity contribution is 5.96. The number of aryl methyl sites for hydroxylation is 1. The van der Waals surface area contributed by atoms with Crippen LogP contribution in [0.25, 0.3) is 16.9 Å². The lowest BCUT2D eigenvalue weighted by molar-refractivity contribution is -0.131. The maximum absolute atomic E-state index is 14.3. The van der Waals surface area contributed by atoms with Crippen LogP contribution in [0.5, 0.6) is 5.75 Å². The van der Waals surface area contributed by atoms with E-state index in [1.54, 1.807) is 48.7 Å². The molecule has 4 aromatic rings. The van der Waals surface area contributed by atoms with E-state index in [0.717, 1.165) is 37.4 Å². The molecule has 1 fully saturated rings. The molecule has 10 nitrogen and oxygen atoms in total. The van der Waals surface area contributed by atoms with Crippen molar-refractivity contribution in [2.45, 2.75) is 19.8 Å². The number of hydrogen-bond donors (Lipinski definition) is 2. The Morgan fingerprint density at radius 3 is 2.68 bits per heavy atom. The fraction of sp³-hybridized carbons (Fsp3) is 0.333. The number of nitrogens with zero attached hydrogens (tertiary/aromatic N) is 5. The average molecular weight is 560 g/mol. The number of rotatable bonds is 9. The Morgan fingerprint density at radius 2 is 1.95 bits per heavy atom. The molecule has 3 heterocycles. The second-order valence-electron chi connectivity index (χ2n) is 10.1. The van der Waals surface area contributed by atoms with Gasteiger partial charge in [0.15, 0.2) is 23.0 Å². The first-order valence-electron chi connectivity index (χ1n) is 13.6. The molecule has 0 atom stereocenters. The predicted octanol–water partition coefficient (Wildman–Crippen LogP) is 3.88. The standard InChI is InChI=1S/C30H34FN7O3/c1-20-17-22(7-8-23(20)30(40)36(2)13-4-5-27(39)37-14-10-32-11-15-37)35-28-29-34-19-25(38(29)16-12-33-28)21-6-9-26(41-3)24(31)18-21/h6-9,12,16-19,32H,4-5,10-11,13-15H2,1-3H3,(H,33,35). The van der Waals surface area contributed by atoms with Crippen molar-refractivity contribution in [2.75, 3.05) is 52.2 Å². The molecule has 2 N–H and O–H groups in total. The van der Waals surface area contributed by atoms with Gasteiger partial charge in [-0.15, -0.1) is 0 Å². The van der Waals surface area contributed by atoms with E-state index in [1.807, 2.05) is 28.4 Å². The smallest absolute Gasteiger partial charge is 0.253 e. The molecule has 2 amide bonds. The molecule has 41 heavy (non-hydrogen) atoms. The molecule has 0 aliphatic carbocycles. The van der Waals surface area contributed by atoms with Gasteiger partial charge in [0, 0.05) is 75.4 Å². The first-order chi connectivity index (χ1) is 19.9. The van der Waals surface area contributed by atoms with Crippen molar-refractivity contribution in [2.24, 2.45) is 0 Å². The number of carbonyl (C=O) groups is 2. The molecule has 0 unspecified atom stereocenters. The fourth-order valence-corrected chi connectivity index (χ4v) is 5.01. The zero-order chi connectivity index (χ0) is 28.9. The molecule has 2 aromatic carbocycles. The Hall–Kier alpha value is -4.51. The molecule has 0 saturated carbocycles. The second kappa shape index (κ2) is 12.3. The number of amides is 2. The van der Waals surface area contributed by atoms with Crippen molar-refractivity contribution in [1.82, 2.24) is 29.5 Å². The summed E-state index contributed by atoms with van der Waals surface area (Å²) in [6.07, 6.45) is 6.14. The first kappa shape index (κ1) is 28.0. The van der Waals surface area contributed by atoms with Crippen LogP contribution in [0.3, 0.4) is 0 Å². The number of anilines is 2. The monoisotopic (exact) mass is 559 g/mol. The third kappa shape index (κ3) is 6.14. The summed E-state index contributed by atoms with van der Waals surface area (Å²) in [6.45, 7) is 5.52. The van der Waals surface area contributed by atoms with Crippen molar-refractivity contribution in [3.8, 4) is 17.0 Å². The SMILES string of the molecule is COc1ccc(-c2cnc3c(Nc4ccc(C(=O)N(C)CCCC(=O)N5CCNCC5)c(C)c4)nccn23)cc1F. The first-order valence-corrected chi connectivity index (χ1v) is 13.6. The van der Waals surface area contributed by atoms with E-state index in [2.05, 4.69) is 20.6 Å². The number of aromatic nitrogens is 3. The van der Waals surface area contributed by atoms with E-state index >= 15 is 0 Å². The van der Waals surface area contributed by atoms with Crippen LogP contribution in [0, 0.1) is 12.7 Å². The van der Waals surface area contributed by atoms with Crippen molar-refractivity contribution >= 4 is 29.0 Å². The minimum atomic E-state index is -0.452. The zero-order valence-corrected chi connectivity index (χ0v) is 23.5. The number of benzene rings is 2. The highest BCUT2D eigenvalue weighted by Crippen LogP contribution is 2.29. The van der Waals surface area contributed by atoms with Gasteiger partial charge >= 0.3 is 0 Å². The normalized spacial score (nSPS) is 13.3. The summed E-state index contributed by atoms with van der Waals surface area (Å²) in [5.74, 6) is 0.303. The van der Waals surface area contributed by atoms with Crippen LogP contribution in [-0.4, -0.2) is 82.9 Å². The Bertz CT molecular complexity index is 1570. The number of fused-ring (bicyclic) bond motifs is 1. The summed E-state index contributed by atoms with van der Waals surface area (Å²) < 4.78 is 21.2. The molecule has 5 rings (SSSR count). The summed E-state index contributed by atoms with van der Waals surface area (Å²) in [7, 11) is 3.19. The molecule has 1 aliphatic heterocycles. The highest BCUT2D eigenvalue weighted by Gasteiger charge is 2.19. The van der Waals surface area contributed by atoms with Gasteiger partial charge in [0.05, 0.1) is 19.0 Å². The third-order valence-electron chi connectivity index (χ3n) is 7.30. The second-order valence-corrected chi connectivity index (χ2v) is 10.1. The van der Waals surface area contributed by atoms with E-state index in [1.165, 1.54) is 13.2 Å². The molecule has 1 saturated heterocycles. The van der Waals surface area contributed by atoms with Crippen molar-refractivity contribution in [1.29, 1.82) is 0 Å². The minimum Gasteiger partial charge on any atom is -0.494 e. The number of ether oxygens (including phenoxy) is 1. The van der Waals surface area contributed by atoms with Crippen LogP contribution >= 0.6 is 0 Å². The van der Waals surface area contributed by atoms with E-state index in [9.17, 15) is 14.0 Å². The minimum absolute atomic E-state index is 0.0893. The van der Waals surface area contributed by atoms with Gasteiger partial charge in [0.2, 0.25) is 5.91 Å². The largest absolute Gasteiger partial charge is 0.494 e. The van der Waals surface area contributed by atoms with Gasteiger partial charge in [-0.3, -0.25) is 14.0 Å². The molecule has 2 aromatic heterocycles. The molecular formula is C30H34FN7O3. The van der Waals surface area contributed by atoms with E-state index in [4.69, 9.17) is 4.74 Å². The van der Waals surface area contributed by atoms with Crippen LogP contribution in [0.1, 0.15) is 28.8 Å². The predicted molar refractivity (Wildman–Crippen MR) is 155 cm³/mol. The third-order valence-corrected chi connectivity index (χ3v) is 7.30. The number of nitrogens with one attached hydrogen (secondary N) is 2. The molecule has 0 radical (unpaired) electrons. The molecule has 214 valence electrons. The van der Waals surface area contributed by atoms with Gasteiger partial charge in [-0.25, -0.2) is 14.4 Å². The number of methoxy groups -OCH3 is 1. The Kier molecular flexibility index (Phi) is 8.44. The lowest BCUT2D eigenvalue weighted by Crippen LogP contribution is -2.46. The number of carbonyl (C=O) groups excluding carboxylic acids is 2. The molecule has 1 aliphatic rings. The summed E-state index contributed by atoms with van der Waals surface area (Å²) in [6, 6.07) is 10.3. The number of piperazine rings is 1. The summed E-state index contributed by atoms with van der Waals surface area (Å²) in [5, 5.41) is 6.54. The summed E-state index contributed by atoms with van der Waals surface area (Å²) >= 11 is 0. The van der Waals surface area contributed by atoms with Gasteiger partial charge in [-0.2, -0.15) is 0 Å². The van der Waals surface area contributed by atoms with Crippen molar-refractivity contribution in [3.63, 3.8) is 0 Å². The Morgan fingerprint density at radius 1 is 1.15 bits per heavy atom. The van der Waals surface area contributed by atoms with Gasteiger partial charge < -0.3 is 25.2 Å². The molecule has 0 bridgehead atoms. The van der Waals surface area contributed by atoms with Crippen LogP contribution in [0.4, 0.5) is 15.9 Å². The van der Waals surface area contributed by atoms with Crippen LogP contribution in [-0.2, 0) is 4.79 Å². The fourth-order valence-electron chi connectivity index (χ4n) is 5.01. The number of imidazole rings is 1. The van der Waals surface area contributed by atoms with Crippen molar-refractivity contribution in [3.05, 3.63) is 71.9 Å². The topological polar surface area (TPSA) is 104 Å². The maximum Gasteiger partial charge on any atom is 0.253 e. The molecule has 11 heteroatoms. The van der Waals surface area contributed by atoms with Gasteiger partial charge in [-0.05, 0) is 55.3 Å². The average Bonchev–Trinajstić information content (AvgIpc) is 3.42. The lowest BCUT2D eigenvalue weighted by atomic mass is 10.1. The Labute approximate surface area is 238 Å². The lowest BCUT2D eigenvalue weighted by Gasteiger charge is -2.27. The number of hydrogen-bond acceptors (Lipinski definition) is 7. The van der Waals surface area contributed by atoms with Crippen LogP contribution in [0.15, 0.2) is 55.0 Å². The molecule has 0 spiro atoms. The zero-order valence-electron chi connectivity index (χ0n) is 23.5. The van der Waals surface area contributed by atoms with Crippen molar-refractivity contribution < 1.29 is 18.7 Å². The van der Waals surface area contributed by atoms with Gasteiger partial charge in [0.1, 0.15) is 0 Å². The van der Waals surface area contributed by atoms with E-state index in [0.29, 0.717) is 47.7 Å². The summed E-state index contributed by atoms with van der Waals surface area (Å²) in [5.41, 5.74) is 4.11. The van der Waals surface area contributed by atoms with Crippen LogP contribution < -0.4 is 15.4 Å². The number of halogens is 1. The van der Waals surface area contributed by atoms with Gasteiger partial charge in [0.25, 0.3) is 5.91 Å². The van der Waals surface area contributed by atoms with E-state index in [-0.39, 0.29) is 17.6 Å². The highest BCUT2D eigenvalue weighted by atomic mass is 19.1. The van der Waals surface area contributed by atoms with Gasteiger partial charge in [-0.1, -0.05) is 0 Å². The quantitative estimate of drug-likeness (QED) is 0.321. The maximum atomic E-state index is 14.3.